The average molecular weight is 334 g/mol. The van der Waals surface area contributed by atoms with Crippen LogP contribution >= 0.6 is 0 Å². The molecule has 25 heavy (non-hydrogen) atoms. The minimum absolute atomic E-state index is 0.183. The Morgan fingerprint density at radius 2 is 1.48 bits per heavy atom. The molecule has 0 N–H and O–H groups in total. The highest BCUT2D eigenvalue weighted by Gasteiger charge is 2.14. The molecule has 0 amide bonds. The van der Waals surface area contributed by atoms with Gasteiger partial charge in [-0.25, -0.2) is 4.79 Å². The van der Waals surface area contributed by atoms with E-state index in [0.29, 0.717) is 17.1 Å². The van der Waals surface area contributed by atoms with Crippen LogP contribution in [0, 0.1) is 0 Å². The lowest BCUT2D eigenvalue weighted by Gasteiger charge is -2.11. The number of benzene rings is 3. The molecule has 3 rings (SSSR count). The van der Waals surface area contributed by atoms with E-state index in [4.69, 9.17) is 14.2 Å². The number of hydrogen-bond acceptors (Lipinski definition) is 4. The van der Waals surface area contributed by atoms with Crippen molar-refractivity contribution in [3.05, 3.63) is 90.0 Å². The number of rotatable bonds is 6. The number of ether oxygens (including phenoxy) is 3. The molecule has 4 nitrogen and oxygen atoms in total. The molecule has 0 aliphatic heterocycles. The highest BCUT2D eigenvalue weighted by Crippen LogP contribution is 2.26. The molecule has 0 heterocycles. The molecule has 0 fully saturated rings. The smallest absolute Gasteiger partial charge is 0.342 e. The van der Waals surface area contributed by atoms with Crippen molar-refractivity contribution >= 4 is 5.97 Å². The zero-order chi connectivity index (χ0) is 17.5. The Bertz CT molecular complexity index is 826. The van der Waals surface area contributed by atoms with E-state index in [-0.39, 0.29) is 6.61 Å². The SMILES string of the molecule is COc1ccc(COC(=O)c2ccccc2Oc2ccccc2)cc1. The van der Waals surface area contributed by atoms with Gasteiger partial charge in [0.25, 0.3) is 0 Å². The molecule has 0 bridgehead atoms. The Kier molecular flexibility index (Phi) is 5.32. The Balaban J connectivity index is 1.69. The van der Waals surface area contributed by atoms with Gasteiger partial charge in [0, 0.05) is 0 Å². The van der Waals surface area contributed by atoms with Gasteiger partial charge in [-0.1, -0.05) is 42.5 Å². The molecule has 0 atom stereocenters. The first kappa shape index (κ1) is 16.6. The second-order valence-electron chi connectivity index (χ2n) is 5.34. The maximum atomic E-state index is 12.4. The molecule has 0 radical (unpaired) electrons. The number of carbonyl (C=O) groups excluding carboxylic acids is 1. The fraction of sp³-hybridized carbons (Fsp3) is 0.0952. The van der Waals surface area contributed by atoms with Gasteiger partial charge in [-0.05, 0) is 42.0 Å². The number of para-hydroxylation sites is 2. The molecule has 0 unspecified atom stereocenters. The number of methoxy groups -OCH3 is 1. The van der Waals surface area contributed by atoms with E-state index in [0.717, 1.165) is 11.3 Å². The average Bonchev–Trinajstić information content (AvgIpc) is 2.68. The molecule has 0 aromatic heterocycles. The summed E-state index contributed by atoms with van der Waals surface area (Å²) in [4.78, 5) is 12.4. The van der Waals surface area contributed by atoms with Gasteiger partial charge >= 0.3 is 5.97 Å². The summed E-state index contributed by atoms with van der Waals surface area (Å²) in [6, 6.07) is 23.7. The summed E-state index contributed by atoms with van der Waals surface area (Å²) in [6.45, 7) is 0.183. The minimum Gasteiger partial charge on any atom is -0.497 e. The number of esters is 1. The lowest BCUT2D eigenvalue weighted by molar-refractivity contribution is 0.0470. The van der Waals surface area contributed by atoms with Crippen molar-refractivity contribution in [3.63, 3.8) is 0 Å². The van der Waals surface area contributed by atoms with Crippen molar-refractivity contribution in [2.24, 2.45) is 0 Å². The number of hydrogen-bond donors (Lipinski definition) is 0. The molecular formula is C21H18O4. The second-order valence-corrected chi connectivity index (χ2v) is 5.34. The topological polar surface area (TPSA) is 44.8 Å². The summed E-state index contributed by atoms with van der Waals surface area (Å²) in [5, 5.41) is 0. The monoisotopic (exact) mass is 334 g/mol. The Hall–Kier alpha value is -3.27. The third kappa shape index (κ3) is 4.38. The number of carbonyl (C=O) groups is 1. The normalized spacial score (nSPS) is 10.1. The quantitative estimate of drug-likeness (QED) is 0.605. The Labute approximate surface area is 146 Å². The van der Waals surface area contributed by atoms with Crippen LogP contribution in [-0.2, 0) is 11.3 Å². The summed E-state index contributed by atoms with van der Waals surface area (Å²) in [5.74, 6) is 1.46. The first-order valence-corrected chi connectivity index (χ1v) is 7.88. The van der Waals surface area contributed by atoms with E-state index in [1.54, 1.807) is 25.3 Å². The molecule has 3 aromatic carbocycles. The second kappa shape index (κ2) is 8.02. The van der Waals surface area contributed by atoms with Gasteiger partial charge in [-0.2, -0.15) is 0 Å². The summed E-state index contributed by atoms with van der Waals surface area (Å²) >= 11 is 0. The first-order chi connectivity index (χ1) is 12.3. The Morgan fingerprint density at radius 1 is 0.800 bits per heavy atom. The maximum Gasteiger partial charge on any atom is 0.342 e. The molecule has 3 aromatic rings. The third-order valence-corrected chi connectivity index (χ3v) is 3.61. The molecule has 0 saturated carbocycles. The molecule has 4 heteroatoms. The summed E-state index contributed by atoms with van der Waals surface area (Å²) < 4.78 is 16.3. The van der Waals surface area contributed by atoms with E-state index in [2.05, 4.69) is 0 Å². The Morgan fingerprint density at radius 3 is 2.20 bits per heavy atom. The van der Waals surface area contributed by atoms with Crippen LogP contribution < -0.4 is 9.47 Å². The standard InChI is InChI=1S/C21H18O4/c1-23-17-13-11-16(12-14-17)15-24-21(22)19-9-5-6-10-20(19)25-18-7-3-2-4-8-18/h2-14H,15H2,1H3. The van der Waals surface area contributed by atoms with E-state index < -0.39 is 5.97 Å². The van der Waals surface area contributed by atoms with Crippen molar-refractivity contribution < 1.29 is 19.0 Å². The predicted molar refractivity (Wildman–Crippen MR) is 95.1 cm³/mol. The van der Waals surface area contributed by atoms with Crippen LogP contribution in [0.2, 0.25) is 0 Å². The lowest BCUT2D eigenvalue weighted by Crippen LogP contribution is -2.07. The van der Waals surface area contributed by atoms with Gasteiger partial charge in [-0.3, -0.25) is 0 Å². The van der Waals surface area contributed by atoms with Crippen LogP contribution in [0.5, 0.6) is 17.2 Å². The lowest BCUT2D eigenvalue weighted by atomic mass is 10.2. The minimum atomic E-state index is -0.428. The van der Waals surface area contributed by atoms with Gasteiger partial charge in [0.1, 0.15) is 29.4 Å². The first-order valence-electron chi connectivity index (χ1n) is 7.88. The van der Waals surface area contributed by atoms with Gasteiger partial charge < -0.3 is 14.2 Å². The van der Waals surface area contributed by atoms with Gasteiger partial charge in [-0.15, -0.1) is 0 Å². The van der Waals surface area contributed by atoms with Crippen LogP contribution in [0.1, 0.15) is 15.9 Å². The molecule has 0 saturated heterocycles. The summed E-state index contributed by atoms with van der Waals surface area (Å²) in [5.41, 5.74) is 1.27. The zero-order valence-corrected chi connectivity index (χ0v) is 13.8. The van der Waals surface area contributed by atoms with Crippen molar-refractivity contribution in [2.75, 3.05) is 7.11 Å². The van der Waals surface area contributed by atoms with Crippen LogP contribution in [0.4, 0.5) is 0 Å². The van der Waals surface area contributed by atoms with Crippen molar-refractivity contribution in [2.45, 2.75) is 6.61 Å². The van der Waals surface area contributed by atoms with Crippen LogP contribution in [0.15, 0.2) is 78.9 Å². The summed E-state index contributed by atoms with van der Waals surface area (Å²) in [6.07, 6.45) is 0. The largest absolute Gasteiger partial charge is 0.497 e. The van der Waals surface area contributed by atoms with E-state index in [9.17, 15) is 4.79 Å². The van der Waals surface area contributed by atoms with Crippen LogP contribution in [0.25, 0.3) is 0 Å². The van der Waals surface area contributed by atoms with Gasteiger partial charge in [0.05, 0.1) is 7.11 Å². The molecule has 126 valence electrons. The van der Waals surface area contributed by atoms with E-state index in [1.165, 1.54) is 0 Å². The fourth-order valence-electron chi connectivity index (χ4n) is 2.29. The zero-order valence-electron chi connectivity index (χ0n) is 13.8. The van der Waals surface area contributed by atoms with Crippen LogP contribution in [0.3, 0.4) is 0 Å². The molecule has 0 aliphatic carbocycles. The van der Waals surface area contributed by atoms with E-state index in [1.807, 2.05) is 60.7 Å². The summed E-state index contributed by atoms with van der Waals surface area (Å²) in [7, 11) is 1.61. The predicted octanol–water partition coefficient (Wildman–Crippen LogP) is 4.84. The molecule has 0 spiro atoms. The van der Waals surface area contributed by atoms with E-state index >= 15 is 0 Å². The van der Waals surface area contributed by atoms with Crippen molar-refractivity contribution in [3.8, 4) is 17.2 Å². The highest BCUT2D eigenvalue weighted by atomic mass is 16.5. The van der Waals surface area contributed by atoms with Crippen molar-refractivity contribution in [1.29, 1.82) is 0 Å². The van der Waals surface area contributed by atoms with Gasteiger partial charge in [0.2, 0.25) is 0 Å². The van der Waals surface area contributed by atoms with Gasteiger partial charge in [0.15, 0.2) is 0 Å². The molecular weight excluding hydrogens is 316 g/mol. The third-order valence-electron chi connectivity index (χ3n) is 3.61. The highest BCUT2D eigenvalue weighted by molar-refractivity contribution is 5.92. The maximum absolute atomic E-state index is 12.4. The van der Waals surface area contributed by atoms with Crippen molar-refractivity contribution in [1.82, 2.24) is 0 Å². The van der Waals surface area contributed by atoms with Crippen LogP contribution in [-0.4, -0.2) is 13.1 Å². The fourth-order valence-corrected chi connectivity index (χ4v) is 2.29. The molecule has 0 aliphatic rings.